The van der Waals surface area contributed by atoms with Crippen molar-refractivity contribution in [3.05, 3.63) is 18.1 Å². The molecule has 2 unspecified atom stereocenters. The summed E-state index contributed by atoms with van der Waals surface area (Å²) in [6.07, 6.45) is 7.27. The number of nitrogens with zero attached hydrogens (tertiary/aromatic N) is 3. The molecule has 2 rings (SSSR count). The summed E-state index contributed by atoms with van der Waals surface area (Å²) in [5.74, 6) is 0.878. The van der Waals surface area contributed by atoms with E-state index in [1.165, 1.54) is 19.3 Å². The topological polar surface area (TPSA) is 41.1 Å². The largest absolute Gasteiger partial charge is 0.301 e. The highest BCUT2D eigenvalue weighted by Gasteiger charge is 2.25. The molecule has 0 amide bonds. The molecular weight excluding hydrogens is 200 g/mol. The van der Waals surface area contributed by atoms with Gasteiger partial charge >= 0.3 is 0 Å². The van der Waals surface area contributed by atoms with Crippen LogP contribution in [-0.2, 0) is 0 Å². The normalized spacial score (nSPS) is 26.7. The summed E-state index contributed by atoms with van der Waals surface area (Å²) < 4.78 is 0. The van der Waals surface area contributed by atoms with Crippen LogP contribution in [0, 0.1) is 6.92 Å². The molecule has 4 heteroatoms. The smallest absolute Gasteiger partial charge is 0.161 e. The Balaban J connectivity index is 2.11. The molecular formula is C12H20N4. The predicted molar refractivity (Wildman–Crippen MR) is 65.0 cm³/mol. The number of anilines is 1. The number of nitrogens with one attached hydrogen (secondary N) is 1. The molecule has 1 aliphatic heterocycles. The van der Waals surface area contributed by atoms with Crippen molar-refractivity contribution < 1.29 is 0 Å². The van der Waals surface area contributed by atoms with Gasteiger partial charge in [-0.1, -0.05) is 6.42 Å². The molecule has 0 radical (unpaired) electrons. The van der Waals surface area contributed by atoms with Crippen LogP contribution in [0.4, 0.5) is 5.82 Å². The maximum Gasteiger partial charge on any atom is 0.161 e. The molecule has 88 valence electrons. The van der Waals surface area contributed by atoms with Crippen molar-refractivity contribution in [2.75, 3.05) is 5.43 Å². The Labute approximate surface area is 97.1 Å². The number of hydrazine groups is 1. The van der Waals surface area contributed by atoms with Crippen molar-refractivity contribution in [3.8, 4) is 0 Å². The van der Waals surface area contributed by atoms with E-state index in [2.05, 4.69) is 34.3 Å². The van der Waals surface area contributed by atoms with Gasteiger partial charge in [0.05, 0.1) is 5.69 Å². The first-order chi connectivity index (χ1) is 7.68. The Hall–Kier alpha value is -1.16. The van der Waals surface area contributed by atoms with Gasteiger partial charge in [0.2, 0.25) is 0 Å². The number of aromatic nitrogens is 2. The minimum Gasteiger partial charge on any atom is -0.301 e. The molecule has 4 nitrogen and oxygen atoms in total. The van der Waals surface area contributed by atoms with E-state index in [1.54, 1.807) is 12.4 Å². The van der Waals surface area contributed by atoms with E-state index in [0.29, 0.717) is 12.1 Å². The summed E-state index contributed by atoms with van der Waals surface area (Å²) in [4.78, 5) is 8.57. The first-order valence-electron chi connectivity index (χ1n) is 6.01. The van der Waals surface area contributed by atoms with E-state index in [-0.39, 0.29) is 0 Å². The fourth-order valence-corrected chi connectivity index (χ4v) is 2.28. The highest BCUT2D eigenvalue weighted by Crippen LogP contribution is 2.23. The Bertz CT molecular complexity index is 343. The van der Waals surface area contributed by atoms with Gasteiger partial charge < -0.3 is 5.43 Å². The minimum absolute atomic E-state index is 0.560. The average Bonchev–Trinajstić information content (AvgIpc) is 2.26. The second-order valence-electron chi connectivity index (χ2n) is 4.64. The van der Waals surface area contributed by atoms with Crippen LogP contribution in [0.5, 0.6) is 0 Å². The Morgan fingerprint density at radius 3 is 2.44 bits per heavy atom. The third kappa shape index (κ3) is 2.32. The molecule has 0 saturated carbocycles. The van der Waals surface area contributed by atoms with E-state index in [1.807, 2.05) is 6.92 Å². The lowest BCUT2D eigenvalue weighted by Crippen LogP contribution is -2.47. The van der Waals surface area contributed by atoms with Gasteiger partial charge in [-0.3, -0.25) is 4.98 Å². The number of hydrogen-bond acceptors (Lipinski definition) is 4. The molecule has 1 aliphatic rings. The third-order valence-corrected chi connectivity index (χ3v) is 3.31. The standard InChI is InChI=1S/C12H20N4/c1-9-5-4-6-10(2)16(9)15-12-11(3)13-7-8-14-12/h7-10H,4-6H2,1-3H3,(H,14,15). The fraction of sp³-hybridized carbons (Fsp3) is 0.667. The summed E-state index contributed by atoms with van der Waals surface area (Å²) in [7, 11) is 0. The third-order valence-electron chi connectivity index (χ3n) is 3.31. The van der Waals surface area contributed by atoms with Gasteiger partial charge in [-0.2, -0.15) is 0 Å². The number of rotatable bonds is 2. The lowest BCUT2D eigenvalue weighted by Gasteiger charge is -2.39. The second kappa shape index (κ2) is 4.78. The van der Waals surface area contributed by atoms with Gasteiger partial charge in [0.25, 0.3) is 0 Å². The summed E-state index contributed by atoms with van der Waals surface area (Å²) in [5.41, 5.74) is 4.36. The number of piperidine rings is 1. The SMILES string of the molecule is Cc1nccnc1NN1C(C)CCCC1C. The maximum absolute atomic E-state index is 4.33. The lowest BCUT2D eigenvalue weighted by atomic mass is 10.00. The zero-order chi connectivity index (χ0) is 11.5. The van der Waals surface area contributed by atoms with Gasteiger partial charge in [0.1, 0.15) is 0 Å². The minimum atomic E-state index is 0.560. The second-order valence-corrected chi connectivity index (χ2v) is 4.64. The summed E-state index contributed by atoms with van der Waals surface area (Å²) in [6, 6.07) is 1.12. The van der Waals surface area contributed by atoms with Gasteiger partial charge in [-0.25, -0.2) is 9.99 Å². The first kappa shape index (κ1) is 11.3. The zero-order valence-electron chi connectivity index (χ0n) is 10.3. The van der Waals surface area contributed by atoms with Crippen LogP contribution in [0.3, 0.4) is 0 Å². The molecule has 2 heterocycles. The monoisotopic (exact) mass is 220 g/mol. The Kier molecular flexibility index (Phi) is 3.39. The molecule has 0 spiro atoms. The molecule has 1 saturated heterocycles. The van der Waals surface area contributed by atoms with Crippen LogP contribution in [0.15, 0.2) is 12.4 Å². The van der Waals surface area contributed by atoms with Crippen molar-refractivity contribution in [3.63, 3.8) is 0 Å². The zero-order valence-corrected chi connectivity index (χ0v) is 10.3. The van der Waals surface area contributed by atoms with E-state index >= 15 is 0 Å². The predicted octanol–water partition coefficient (Wildman–Crippen LogP) is 2.37. The first-order valence-corrected chi connectivity index (χ1v) is 6.01. The highest BCUT2D eigenvalue weighted by atomic mass is 15.5. The molecule has 16 heavy (non-hydrogen) atoms. The van der Waals surface area contributed by atoms with E-state index in [4.69, 9.17) is 0 Å². The van der Waals surface area contributed by atoms with Gasteiger partial charge in [0.15, 0.2) is 5.82 Å². The van der Waals surface area contributed by atoms with Crippen molar-refractivity contribution in [1.29, 1.82) is 0 Å². The molecule has 2 atom stereocenters. The van der Waals surface area contributed by atoms with E-state index in [0.717, 1.165) is 11.5 Å². The molecule has 0 aliphatic carbocycles. The van der Waals surface area contributed by atoms with Gasteiger partial charge in [-0.05, 0) is 33.6 Å². The summed E-state index contributed by atoms with van der Waals surface area (Å²) in [6.45, 7) is 6.50. The van der Waals surface area contributed by atoms with Crippen LogP contribution in [-0.4, -0.2) is 27.1 Å². The van der Waals surface area contributed by atoms with Crippen LogP contribution < -0.4 is 5.43 Å². The van der Waals surface area contributed by atoms with Crippen LogP contribution in [0.1, 0.15) is 38.8 Å². The van der Waals surface area contributed by atoms with Crippen molar-refractivity contribution in [2.45, 2.75) is 52.1 Å². The van der Waals surface area contributed by atoms with E-state index in [9.17, 15) is 0 Å². The van der Waals surface area contributed by atoms with Crippen LogP contribution >= 0.6 is 0 Å². The van der Waals surface area contributed by atoms with Crippen LogP contribution in [0.25, 0.3) is 0 Å². The van der Waals surface area contributed by atoms with Crippen molar-refractivity contribution in [1.82, 2.24) is 15.0 Å². The lowest BCUT2D eigenvalue weighted by molar-refractivity contribution is 0.135. The Morgan fingerprint density at radius 2 is 1.81 bits per heavy atom. The fourth-order valence-electron chi connectivity index (χ4n) is 2.28. The number of hydrogen-bond donors (Lipinski definition) is 1. The Morgan fingerprint density at radius 1 is 1.19 bits per heavy atom. The quantitative estimate of drug-likeness (QED) is 0.830. The molecule has 1 N–H and O–H groups in total. The summed E-state index contributed by atoms with van der Waals surface area (Å²) >= 11 is 0. The van der Waals surface area contributed by atoms with Gasteiger partial charge in [-0.15, -0.1) is 0 Å². The van der Waals surface area contributed by atoms with Crippen LogP contribution in [0.2, 0.25) is 0 Å². The van der Waals surface area contributed by atoms with E-state index < -0.39 is 0 Å². The molecule has 1 aromatic heterocycles. The number of aryl methyl sites for hydroxylation is 1. The van der Waals surface area contributed by atoms with Crippen molar-refractivity contribution >= 4 is 5.82 Å². The molecule has 0 aromatic carbocycles. The van der Waals surface area contributed by atoms with Gasteiger partial charge in [0, 0.05) is 24.5 Å². The maximum atomic E-state index is 4.33. The van der Waals surface area contributed by atoms with Crippen molar-refractivity contribution in [2.24, 2.45) is 0 Å². The molecule has 0 bridgehead atoms. The average molecular weight is 220 g/mol. The molecule has 1 aromatic rings. The summed E-state index contributed by atoms with van der Waals surface area (Å²) in [5, 5.41) is 2.31. The highest BCUT2D eigenvalue weighted by molar-refractivity contribution is 5.37. The molecule has 1 fully saturated rings.